The molecule has 1 aliphatic rings. The van der Waals surface area contributed by atoms with Crippen molar-refractivity contribution >= 4 is 38.3 Å². The summed E-state index contributed by atoms with van der Waals surface area (Å²) in [7, 11) is -3.65. The predicted octanol–water partition coefficient (Wildman–Crippen LogP) is 5.41. The van der Waals surface area contributed by atoms with Gasteiger partial charge in [-0.1, -0.05) is 24.1 Å². The highest BCUT2D eigenvalue weighted by molar-refractivity contribution is 7.90. The summed E-state index contributed by atoms with van der Waals surface area (Å²) in [5.74, 6) is -0.164. The lowest BCUT2D eigenvalue weighted by atomic mass is 9.92. The zero-order chi connectivity index (χ0) is 33.2. The van der Waals surface area contributed by atoms with Crippen LogP contribution >= 0.6 is 11.6 Å². The Kier molecular flexibility index (Phi) is 10.3. The summed E-state index contributed by atoms with van der Waals surface area (Å²) in [4.78, 5) is 20.6. The minimum atomic E-state index is -3.65. The zero-order valence-electron chi connectivity index (χ0n) is 26.3. The van der Waals surface area contributed by atoms with Gasteiger partial charge in [0.05, 0.1) is 27.1 Å². The van der Waals surface area contributed by atoms with E-state index < -0.39 is 21.3 Å². The topological polar surface area (TPSA) is 159 Å². The quantitative estimate of drug-likeness (QED) is 0.106. The Morgan fingerprint density at radius 2 is 2.04 bits per heavy atom. The number of hydrogen-bond donors (Lipinski definition) is 5. The lowest BCUT2D eigenvalue weighted by Gasteiger charge is -2.32. The Morgan fingerprint density at radius 3 is 2.76 bits per heavy atom. The fraction of sp³-hybridized carbons (Fsp3) is 0.424. The number of rotatable bonds is 11. The highest BCUT2D eigenvalue weighted by Crippen LogP contribution is 2.34. The van der Waals surface area contributed by atoms with Crippen LogP contribution in [0.25, 0.3) is 28.0 Å². The molecule has 46 heavy (non-hydrogen) atoms. The van der Waals surface area contributed by atoms with Gasteiger partial charge in [0, 0.05) is 48.1 Å². The largest absolute Gasteiger partial charge is 0.374 e. The fourth-order valence-electron chi connectivity index (χ4n) is 6.15. The molecule has 0 radical (unpaired) electrons. The number of nitrogens with one attached hydrogen (secondary N) is 4. The molecule has 5 rings (SSSR count). The maximum atomic E-state index is 15.2. The molecule has 1 fully saturated rings. The van der Waals surface area contributed by atoms with Gasteiger partial charge in [0.2, 0.25) is 0 Å². The van der Waals surface area contributed by atoms with Crippen LogP contribution in [0.4, 0.5) is 4.39 Å². The Labute approximate surface area is 273 Å². The maximum absolute atomic E-state index is 15.2. The molecular formula is C33H41ClFN7O3S. The molecule has 0 aliphatic carbocycles. The van der Waals surface area contributed by atoms with Gasteiger partial charge in [-0.05, 0) is 93.8 Å². The van der Waals surface area contributed by atoms with Crippen LogP contribution in [0.15, 0.2) is 52.3 Å². The first-order valence-electron chi connectivity index (χ1n) is 15.6. The molecule has 13 heteroatoms. The summed E-state index contributed by atoms with van der Waals surface area (Å²) < 4.78 is 42.6. The summed E-state index contributed by atoms with van der Waals surface area (Å²) in [6.07, 6.45) is 8.59. The van der Waals surface area contributed by atoms with Crippen molar-refractivity contribution in [3.05, 3.63) is 75.0 Å². The summed E-state index contributed by atoms with van der Waals surface area (Å²) in [5.41, 5.74) is 8.12. The molecule has 0 spiro atoms. The molecule has 1 saturated heterocycles. The van der Waals surface area contributed by atoms with Crippen LogP contribution in [0.3, 0.4) is 0 Å². The predicted molar refractivity (Wildman–Crippen MR) is 181 cm³/mol. The SMILES string of the molecule is CC(=N)NCC[C@@H]1CCC[C@@H](c2ccc(-n3cc4cc(-c5cc(CCC[C@H](C)N)cc(Cl)c5F)[nH]c4nc3=O)cc2S(C)(=O)=O)N1. The molecule has 2 aromatic carbocycles. The summed E-state index contributed by atoms with van der Waals surface area (Å²) in [6, 6.07) is 10.2. The number of fused-ring (bicyclic) bond motifs is 1. The van der Waals surface area contributed by atoms with Gasteiger partial charge in [0.1, 0.15) is 5.65 Å². The number of halogens is 2. The Balaban J connectivity index is 1.46. The number of aromatic nitrogens is 3. The van der Waals surface area contributed by atoms with Gasteiger partial charge >= 0.3 is 5.69 Å². The third-order valence-electron chi connectivity index (χ3n) is 8.43. The van der Waals surface area contributed by atoms with E-state index in [2.05, 4.69) is 20.6 Å². The van der Waals surface area contributed by atoms with Gasteiger partial charge in [0.15, 0.2) is 15.7 Å². The Bertz CT molecular complexity index is 1920. The van der Waals surface area contributed by atoms with Crippen LogP contribution in [0.5, 0.6) is 0 Å². The van der Waals surface area contributed by atoms with E-state index in [1.54, 1.807) is 43.5 Å². The number of benzene rings is 2. The zero-order valence-corrected chi connectivity index (χ0v) is 27.9. The molecule has 1 aliphatic heterocycles. The average molecular weight is 670 g/mol. The monoisotopic (exact) mass is 669 g/mol. The van der Waals surface area contributed by atoms with Gasteiger partial charge < -0.3 is 21.4 Å². The number of amidine groups is 1. The summed E-state index contributed by atoms with van der Waals surface area (Å²) in [6.45, 7) is 4.31. The molecule has 3 atom stereocenters. The lowest BCUT2D eigenvalue weighted by Crippen LogP contribution is -2.39. The number of aryl methyl sites for hydroxylation is 1. The van der Waals surface area contributed by atoms with Gasteiger partial charge in [-0.3, -0.25) is 9.98 Å². The van der Waals surface area contributed by atoms with E-state index in [4.69, 9.17) is 22.7 Å². The second-order valence-corrected chi connectivity index (χ2v) is 14.8. The second kappa shape index (κ2) is 14.0. The van der Waals surface area contributed by atoms with Crippen LogP contribution in [0.1, 0.15) is 69.5 Å². The average Bonchev–Trinajstić information content (AvgIpc) is 3.40. The first-order chi connectivity index (χ1) is 21.8. The highest BCUT2D eigenvalue weighted by atomic mass is 35.5. The third-order valence-corrected chi connectivity index (χ3v) is 9.85. The number of hydrogen-bond acceptors (Lipinski definition) is 7. The molecule has 0 saturated carbocycles. The van der Waals surface area contributed by atoms with Gasteiger partial charge in [0.25, 0.3) is 0 Å². The number of sulfone groups is 1. The van der Waals surface area contributed by atoms with Crippen molar-refractivity contribution in [1.82, 2.24) is 25.2 Å². The van der Waals surface area contributed by atoms with Gasteiger partial charge in [-0.2, -0.15) is 4.98 Å². The van der Waals surface area contributed by atoms with Crippen LogP contribution in [-0.4, -0.2) is 53.7 Å². The van der Waals surface area contributed by atoms with Gasteiger partial charge in [-0.15, -0.1) is 0 Å². The van der Waals surface area contributed by atoms with Crippen molar-refractivity contribution in [3.63, 3.8) is 0 Å². The first-order valence-corrected chi connectivity index (χ1v) is 17.8. The van der Waals surface area contributed by atoms with Gasteiger partial charge in [-0.25, -0.2) is 17.6 Å². The molecule has 10 nitrogen and oxygen atoms in total. The lowest BCUT2D eigenvalue weighted by molar-refractivity contribution is 0.310. The van der Waals surface area contributed by atoms with Crippen molar-refractivity contribution in [3.8, 4) is 16.9 Å². The summed E-state index contributed by atoms with van der Waals surface area (Å²) in [5, 5.41) is 14.8. The third kappa shape index (κ3) is 7.86. The molecule has 2 aromatic heterocycles. The summed E-state index contributed by atoms with van der Waals surface area (Å²) >= 11 is 6.25. The second-order valence-electron chi connectivity index (χ2n) is 12.4. The minimum absolute atomic E-state index is 0.00443. The maximum Gasteiger partial charge on any atom is 0.354 e. The van der Waals surface area contributed by atoms with Crippen LogP contribution < -0.4 is 22.1 Å². The number of H-pyrrole nitrogens is 1. The molecule has 246 valence electrons. The standard InChI is InChI=1S/C33H41ClFN7O3S/c1-19(36)6-4-7-21-14-26(31(35)27(34)15-21)29-16-22-18-42(33(43)41-32(22)40-29)24-10-11-25(30(17-24)46(3,44)45)28-9-5-8-23(39-28)12-13-38-20(2)37/h10-11,14-19,23,28,39H,4-9,12-13,36H2,1-3H3,(H2,37,38)(H,40,41,43)/t19-,23-,28-/m0/s1. The number of aromatic amines is 1. The smallest absolute Gasteiger partial charge is 0.354 e. The Morgan fingerprint density at radius 1 is 1.26 bits per heavy atom. The fourth-order valence-corrected chi connectivity index (χ4v) is 7.36. The van der Waals surface area contributed by atoms with E-state index in [1.807, 2.05) is 6.92 Å². The normalized spacial score (nSPS) is 17.7. The van der Waals surface area contributed by atoms with E-state index in [0.29, 0.717) is 41.1 Å². The number of piperidine rings is 1. The molecule has 0 bridgehead atoms. The first kappa shape index (κ1) is 33.8. The molecule has 6 N–H and O–H groups in total. The molecular weight excluding hydrogens is 629 g/mol. The van der Waals surface area contributed by atoms with E-state index >= 15 is 4.39 Å². The highest BCUT2D eigenvalue weighted by Gasteiger charge is 2.27. The van der Waals surface area contributed by atoms with E-state index in [1.165, 1.54) is 16.9 Å². The van der Waals surface area contributed by atoms with Crippen LogP contribution in [0.2, 0.25) is 5.02 Å². The molecule has 0 amide bonds. The van der Waals surface area contributed by atoms with Crippen LogP contribution in [0, 0.1) is 11.2 Å². The van der Waals surface area contributed by atoms with E-state index in [0.717, 1.165) is 44.1 Å². The Hall–Kier alpha value is -3.58. The van der Waals surface area contributed by atoms with E-state index in [-0.39, 0.29) is 39.3 Å². The van der Waals surface area contributed by atoms with E-state index in [9.17, 15) is 13.2 Å². The van der Waals surface area contributed by atoms with Crippen molar-refractivity contribution in [2.45, 2.75) is 81.8 Å². The van der Waals surface area contributed by atoms with Crippen molar-refractivity contribution in [2.24, 2.45) is 5.73 Å². The molecule has 4 aromatic rings. The van der Waals surface area contributed by atoms with Crippen molar-refractivity contribution in [1.29, 1.82) is 5.41 Å². The molecule has 0 unspecified atom stereocenters. The van der Waals surface area contributed by atoms with Crippen molar-refractivity contribution < 1.29 is 12.8 Å². The number of nitrogens with zero attached hydrogens (tertiary/aromatic N) is 2. The van der Waals surface area contributed by atoms with Crippen LogP contribution in [-0.2, 0) is 16.3 Å². The minimum Gasteiger partial charge on any atom is -0.374 e. The van der Waals surface area contributed by atoms with Crippen molar-refractivity contribution in [2.75, 3.05) is 12.8 Å². The number of nitrogens with two attached hydrogens (primary N) is 1. The molecule has 3 heterocycles.